The van der Waals surface area contributed by atoms with Crippen LogP contribution in [0.15, 0.2) is 95.5 Å². The zero-order valence-electron chi connectivity index (χ0n) is 29.2. The van der Waals surface area contributed by atoms with Crippen LogP contribution in [0.25, 0.3) is 28.0 Å². The largest absolute Gasteiger partial charge is 0.497 e. The standard InChI is InChI=1S/C44H36BrF3O4/c1-5-6-21-50-28-14-9-25(10-15-28)43(24-7-12-27(49-4)13-8-24)20-19-30-40-36(29-16-11-26(44(46,47)48)22-32(29)42(40,2)3)31-23-33(45)38-34-17-18-35(51-34)39(38)37(31)41(30)52-43/h7-20,22-23,34-35H,5-6,21H2,1-4H3. The van der Waals surface area contributed by atoms with Gasteiger partial charge in [-0.05, 0) is 82.6 Å². The summed E-state index contributed by atoms with van der Waals surface area (Å²) < 4.78 is 68.8. The maximum atomic E-state index is 14.1. The van der Waals surface area contributed by atoms with Gasteiger partial charge in [-0.3, -0.25) is 0 Å². The lowest BCUT2D eigenvalue weighted by atomic mass is 9.75. The van der Waals surface area contributed by atoms with Gasteiger partial charge >= 0.3 is 6.18 Å². The van der Waals surface area contributed by atoms with Crippen molar-refractivity contribution in [1.82, 2.24) is 0 Å². The van der Waals surface area contributed by atoms with Gasteiger partial charge in [-0.25, -0.2) is 0 Å². The lowest BCUT2D eigenvalue weighted by molar-refractivity contribution is -0.137. The first-order valence-corrected chi connectivity index (χ1v) is 18.4. The first kappa shape index (κ1) is 33.3. The molecule has 0 N–H and O–H groups in total. The molecule has 3 aliphatic heterocycles. The Morgan fingerprint density at radius 3 is 2.19 bits per heavy atom. The molecular formula is C44H36BrF3O4. The van der Waals surface area contributed by atoms with Gasteiger partial charge in [0, 0.05) is 43.1 Å². The second kappa shape index (κ2) is 11.7. The van der Waals surface area contributed by atoms with Crippen LogP contribution in [0.1, 0.15) is 90.3 Å². The average molecular weight is 766 g/mol. The topological polar surface area (TPSA) is 36.9 Å². The van der Waals surface area contributed by atoms with Crippen LogP contribution in [0.4, 0.5) is 13.2 Å². The Balaban J connectivity index is 1.33. The normalized spacial score (nSPS) is 21.5. The number of unbranched alkanes of at least 4 members (excludes halogenated alkanes) is 1. The monoisotopic (exact) mass is 764 g/mol. The smallest absolute Gasteiger partial charge is 0.416 e. The van der Waals surface area contributed by atoms with Crippen molar-refractivity contribution in [2.45, 2.75) is 63.0 Å². The summed E-state index contributed by atoms with van der Waals surface area (Å²) in [5, 5.41) is 1.82. The molecule has 264 valence electrons. The van der Waals surface area contributed by atoms with E-state index in [1.807, 2.05) is 62.4 Å². The molecule has 3 atom stereocenters. The summed E-state index contributed by atoms with van der Waals surface area (Å²) in [6, 6.07) is 22.2. The lowest BCUT2D eigenvalue weighted by Crippen LogP contribution is -2.35. The van der Waals surface area contributed by atoms with Crippen molar-refractivity contribution in [2.24, 2.45) is 0 Å². The molecule has 0 aromatic heterocycles. The zero-order chi connectivity index (χ0) is 36.2. The number of methoxy groups -OCH3 is 1. The summed E-state index contributed by atoms with van der Waals surface area (Å²) in [5.41, 5.74) is 5.55. The highest BCUT2D eigenvalue weighted by Crippen LogP contribution is 2.62. The van der Waals surface area contributed by atoms with Crippen LogP contribution in [-0.2, 0) is 21.9 Å². The molecule has 9 rings (SSSR count). The Hall–Kier alpha value is -4.53. The molecule has 8 heteroatoms. The van der Waals surface area contributed by atoms with Crippen LogP contribution >= 0.6 is 15.9 Å². The molecule has 1 aliphatic carbocycles. The molecule has 4 nitrogen and oxygen atoms in total. The number of rotatable bonds is 7. The Kier molecular flexibility index (Phi) is 7.52. The van der Waals surface area contributed by atoms with Crippen molar-refractivity contribution < 1.29 is 32.1 Å². The van der Waals surface area contributed by atoms with Gasteiger partial charge < -0.3 is 18.9 Å². The Morgan fingerprint density at radius 1 is 0.865 bits per heavy atom. The van der Waals surface area contributed by atoms with Crippen LogP contribution < -0.4 is 14.2 Å². The van der Waals surface area contributed by atoms with Gasteiger partial charge in [0.05, 0.1) is 19.3 Å². The first-order valence-electron chi connectivity index (χ1n) is 17.6. The van der Waals surface area contributed by atoms with E-state index >= 15 is 0 Å². The third-order valence-electron chi connectivity index (χ3n) is 11.2. The van der Waals surface area contributed by atoms with Gasteiger partial charge in [-0.2, -0.15) is 13.2 Å². The Morgan fingerprint density at radius 2 is 1.54 bits per heavy atom. The van der Waals surface area contributed by atoms with Crippen LogP contribution in [0, 0.1) is 0 Å². The molecule has 3 unspecified atom stereocenters. The molecule has 0 amide bonds. The van der Waals surface area contributed by atoms with E-state index in [1.165, 1.54) is 12.1 Å². The number of hydrogen-bond donors (Lipinski definition) is 0. The molecule has 0 fully saturated rings. The molecule has 4 aliphatic rings. The fraction of sp³-hybridized carbons (Fsp3) is 0.273. The lowest BCUT2D eigenvalue weighted by Gasteiger charge is -2.39. The van der Waals surface area contributed by atoms with Gasteiger partial charge in [0.2, 0.25) is 0 Å². The molecule has 0 saturated carbocycles. The summed E-state index contributed by atoms with van der Waals surface area (Å²) >= 11 is 3.88. The van der Waals surface area contributed by atoms with Gasteiger partial charge in [-0.1, -0.05) is 91.7 Å². The first-order chi connectivity index (χ1) is 25.0. The second-order valence-corrected chi connectivity index (χ2v) is 15.3. The molecule has 0 radical (unpaired) electrons. The number of alkyl halides is 3. The SMILES string of the molecule is CCCCOc1ccc(C2(c3ccc(OC)cc3)C=Cc3c4c(c5cc(Br)c6c(c5c3O2)C2C=CC6O2)-c2ccc(C(F)(F)F)cc2C4(C)C)cc1. The number of benzene rings is 5. The third-order valence-corrected chi connectivity index (χ3v) is 11.8. The highest BCUT2D eigenvalue weighted by molar-refractivity contribution is 9.10. The van der Waals surface area contributed by atoms with E-state index in [0.717, 1.165) is 84.1 Å². The quantitative estimate of drug-likeness (QED) is 0.122. The van der Waals surface area contributed by atoms with Crippen molar-refractivity contribution >= 4 is 32.8 Å². The summed E-state index contributed by atoms with van der Waals surface area (Å²) in [5.74, 6) is 2.19. The zero-order valence-corrected chi connectivity index (χ0v) is 30.7. The Bertz CT molecular complexity index is 2340. The number of halogens is 4. The summed E-state index contributed by atoms with van der Waals surface area (Å²) in [4.78, 5) is 0. The van der Waals surface area contributed by atoms with Gasteiger partial charge in [-0.15, -0.1) is 0 Å². The van der Waals surface area contributed by atoms with Gasteiger partial charge in [0.1, 0.15) is 29.5 Å². The molecule has 2 bridgehead atoms. The maximum Gasteiger partial charge on any atom is 0.416 e. The number of hydrogen-bond acceptors (Lipinski definition) is 4. The molecule has 52 heavy (non-hydrogen) atoms. The van der Waals surface area contributed by atoms with E-state index in [9.17, 15) is 13.2 Å². The van der Waals surface area contributed by atoms with E-state index in [2.05, 4.69) is 53.2 Å². The van der Waals surface area contributed by atoms with E-state index in [4.69, 9.17) is 18.9 Å². The molecule has 3 heterocycles. The highest BCUT2D eigenvalue weighted by Gasteiger charge is 2.48. The van der Waals surface area contributed by atoms with Crippen molar-refractivity contribution in [1.29, 1.82) is 0 Å². The fourth-order valence-corrected chi connectivity index (χ4v) is 9.30. The van der Waals surface area contributed by atoms with Crippen molar-refractivity contribution in [2.75, 3.05) is 13.7 Å². The van der Waals surface area contributed by atoms with E-state index < -0.39 is 22.8 Å². The third kappa shape index (κ3) is 4.76. The summed E-state index contributed by atoms with van der Waals surface area (Å²) in [6.07, 6.45) is 5.41. The van der Waals surface area contributed by atoms with E-state index in [1.54, 1.807) is 13.2 Å². The van der Waals surface area contributed by atoms with E-state index in [-0.39, 0.29) is 12.2 Å². The predicted molar refractivity (Wildman–Crippen MR) is 200 cm³/mol. The van der Waals surface area contributed by atoms with Gasteiger partial charge in [0.15, 0.2) is 5.60 Å². The molecule has 5 aromatic carbocycles. The molecule has 5 aromatic rings. The summed E-state index contributed by atoms with van der Waals surface area (Å²) in [6.45, 7) is 6.80. The number of ether oxygens (including phenoxy) is 4. The average Bonchev–Trinajstić information content (AvgIpc) is 3.83. The number of fused-ring (bicyclic) bond motifs is 14. The van der Waals surface area contributed by atoms with Crippen molar-refractivity contribution in [3.8, 4) is 28.4 Å². The summed E-state index contributed by atoms with van der Waals surface area (Å²) in [7, 11) is 1.64. The van der Waals surface area contributed by atoms with Crippen LogP contribution in [-0.4, -0.2) is 13.7 Å². The minimum atomic E-state index is -4.47. The van der Waals surface area contributed by atoms with Gasteiger partial charge in [0.25, 0.3) is 0 Å². The van der Waals surface area contributed by atoms with Crippen LogP contribution in [0.2, 0.25) is 0 Å². The van der Waals surface area contributed by atoms with Crippen LogP contribution in [0.5, 0.6) is 17.2 Å². The molecule has 0 saturated heterocycles. The highest BCUT2D eigenvalue weighted by atomic mass is 79.9. The predicted octanol–water partition coefficient (Wildman–Crippen LogP) is 12.1. The minimum Gasteiger partial charge on any atom is -0.497 e. The fourth-order valence-electron chi connectivity index (χ4n) is 8.64. The maximum absolute atomic E-state index is 14.1. The second-order valence-electron chi connectivity index (χ2n) is 14.5. The van der Waals surface area contributed by atoms with Crippen LogP contribution in [0.3, 0.4) is 0 Å². The van der Waals surface area contributed by atoms with Crippen molar-refractivity contribution in [3.05, 3.63) is 140 Å². The minimum absolute atomic E-state index is 0.202. The molecule has 0 spiro atoms. The Labute approximate surface area is 309 Å². The van der Waals surface area contributed by atoms with Crippen molar-refractivity contribution in [3.63, 3.8) is 0 Å². The van der Waals surface area contributed by atoms with E-state index in [0.29, 0.717) is 17.9 Å². The molecular weight excluding hydrogens is 729 g/mol.